The summed E-state index contributed by atoms with van der Waals surface area (Å²) in [5.74, 6) is 0.460. The second-order valence-electron chi connectivity index (χ2n) is 4.92. The number of nitrogens with zero attached hydrogens (tertiary/aromatic N) is 1. The first-order chi connectivity index (χ1) is 8.08. The van der Waals surface area contributed by atoms with Crippen molar-refractivity contribution in [2.45, 2.75) is 26.4 Å². The Balaban J connectivity index is 2.43. The van der Waals surface area contributed by atoms with Crippen LogP contribution in [0.3, 0.4) is 0 Å². The molecule has 1 N–H and O–H groups in total. The lowest BCUT2D eigenvalue weighted by Gasteiger charge is -2.36. The third-order valence-corrected chi connectivity index (χ3v) is 3.03. The molecule has 1 fully saturated rings. The standard InChI is InChI=1S/C12H23NO4/c1-9(2)8-17-12(15)13-5-4-10(7-14)11(6-13)16-3/h9-11,14H,4-8H2,1-3H3. The van der Waals surface area contributed by atoms with Crippen LogP contribution in [-0.2, 0) is 9.47 Å². The fourth-order valence-electron chi connectivity index (χ4n) is 1.94. The molecule has 2 unspecified atom stereocenters. The zero-order valence-electron chi connectivity index (χ0n) is 10.9. The Morgan fingerprint density at radius 2 is 2.24 bits per heavy atom. The third-order valence-electron chi connectivity index (χ3n) is 3.03. The van der Waals surface area contributed by atoms with Crippen LogP contribution >= 0.6 is 0 Å². The van der Waals surface area contributed by atoms with Gasteiger partial charge < -0.3 is 19.5 Å². The fourth-order valence-corrected chi connectivity index (χ4v) is 1.94. The van der Waals surface area contributed by atoms with Gasteiger partial charge in [-0.1, -0.05) is 13.8 Å². The van der Waals surface area contributed by atoms with Crippen molar-refractivity contribution in [1.82, 2.24) is 4.90 Å². The molecule has 1 aliphatic heterocycles. The number of aliphatic hydroxyl groups excluding tert-OH is 1. The van der Waals surface area contributed by atoms with Gasteiger partial charge in [-0.15, -0.1) is 0 Å². The van der Waals surface area contributed by atoms with Crippen LogP contribution in [0.25, 0.3) is 0 Å². The summed E-state index contributed by atoms with van der Waals surface area (Å²) < 4.78 is 10.5. The third kappa shape index (κ3) is 4.16. The summed E-state index contributed by atoms with van der Waals surface area (Å²) in [6.45, 7) is 5.68. The van der Waals surface area contributed by atoms with Crippen molar-refractivity contribution in [2.75, 3.05) is 33.4 Å². The molecular formula is C12H23NO4. The molecule has 0 aliphatic carbocycles. The Bertz CT molecular complexity index is 245. The van der Waals surface area contributed by atoms with Crippen molar-refractivity contribution in [2.24, 2.45) is 11.8 Å². The van der Waals surface area contributed by atoms with Crippen molar-refractivity contribution < 1.29 is 19.4 Å². The van der Waals surface area contributed by atoms with E-state index in [1.807, 2.05) is 13.8 Å². The van der Waals surface area contributed by atoms with Crippen molar-refractivity contribution >= 4 is 6.09 Å². The van der Waals surface area contributed by atoms with Crippen LogP contribution in [0.1, 0.15) is 20.3 Å². The minimum atomic E-state index is -0.280. The van der Waals surface area contributed by atoms with E-state index in [4.69, 9.17) is 9.47 Å². The second kappa shape index (κ2) is 6.81. The molecule has 0 radical (unpaired) electrons. The van der Waals surface area contributed by atoms with Gasteiger partial charge >= 0.3 is 6.09 Å². The molecule has 5 nitrogen and oxygen atoms in total. The summed E-state index contributed by atoms with van der Waals surface area (Å²) in [5.41, 5.74) is 0. The van der Waals surface area contributed by atoms with E-state index in [1.165, 1.54) is 0 Å². The fraction of sp³-hybridized carbons (Fsp3) is 0.917. The van der Waals surface area contributed by atoms with E-state index >= 15 is 0 Å². The number of hydrogen-bond donors (Lipinski definition) is 1. The predicted octanol–water partition coefficient (Wildman–Crippen LogP) is 1.11. The van der Waals surface area contributed by atoms with Gasteiger partial charge in [0.2, 0.25) is 0 Å². The van der Waals surface area contributed by atoms with E-state index in [0.29, 0.717) is 25.6 Å². The summed E-state index contributed by atoms with van der Waals surface area (Å²) >= 11 is 0. The zero-order chi connectivity index (χ0) is 12.8. The van der Waals surface area contributed by atoms with Crippen LogP contribution in [0, 0.1) is 11.8 Å². The van der Waals surface area contributed by atoms with Gasteiger partial charge in [-0.2, -0.15) is 0 Å². The van der Waals surface area contributed by atoms with Crippen LogP contribution in [0.4, 0.5) is 4.79 Å². The van der Waals surface area contributed by atoms with Gasteiger partial charge in [-0.25, -0.2) is 4.79 Å². The molecule has 1 heterocycles. The van der Waals surface area contributed by atoms with E-state index < -0.39 is 0 Å². The molecule has 17 heavy (non-hydrogen) atoms. The minimum Gasteiger partial charge on any atom is -0.449 e. The number of amides is 1. The summed E-state index contributed by atoms with van der Waals surface area (Å²) in [7, 11) is 1.61. The highest BCUT2D eigenvalue weighted by molar-refractivity contribution is 5.67. The van der Waals surface area contributed by atoms with Gasteiger partial charge in [-0.3, -0.25) is 0 Å². The highest BCUT2D eigenvalue weighted by atomic mass is 16.6. The van der Waals surface area contributed by atoms with Gasteiger partial charge in [0.1, 0.15) is 0 Å². The first-order valence-corrected chi connectivity index (χ1v) is 6.13. The molecule has 1 rings (SSSR count). The Morgan fingerprint density at radius 3 is 2.76 bits per heavy atom. The maximum Gasteiger partial charge on any atom is 0.409 e. The lowest BCUT2D eigenvalue weighted by Crippen LogP contribution is -2.48. The van der Waals surface area contributed by atoms with Gasteiger partial charge in [0.15, 0.2) is 0 Å². The van der Waals surface area contributed by atoms with E-state index in [1.54, 1.807) is 12.0 Å². The van der Waals surface area contributed by atoms with Gasteiger partial charge in [0.25, 0.3) is 0 Å². The highest BCUT2D eigenvalue weighted by Crippen LogP contribution is 2.20. The maximum absolute atomic E-state index is 11.7. The number of carbonyl (C=O) groups is 1. The molecule has 0 aromatic carbocycles. The van der Waals surface area contributed by atoms with Crippen molar-refractivity contribution in [1.29, 1.82) is 0 Å². The smallest absolute Gasteiger partial charge is 0.409 e. The summed E-state index contributed by atoms with van der Waals surface area (Å²) in [5, 5.41) is 9.18. The van der Waals surface area contributed by atoms with E-state index in [9.17, 15) is 9.90 Å². The number of likely N-dealkylation sites (tertiary alicyclic amines) is 1. The molecule has 5 heteroatoms. The maximum atomic E-state index is 11.7. The lowest BCUT2D eigenvalue weighted by molar-refractivity contribution is -0.0295. The molecule has 1 aliphatic rings. The Hall–Kier alpha value is -0.810. The number of aliphatic hydroxyl groups is 1. The Morgan fingerprint density at radius 1 is 1.53 bits per heavy atom. The molecule has 100 valence electrons. The van der Waals surface area contributed by atoms with Crippen LogP contribution in [0.15, 0.2) is 0 Å². The van der Waals surface area contributed by atoms with Gasteiger partial charge in [0, 0.05) is 26.2 Å². The number of hydrogen-bond acceptors (Lipinski definition) is 4. The molecule has 0 bridgehead atoms. The number of methoxy groups -OCH3 is 1. The average molecular weight is 245 g/mol. The van der Waals surface area contributed by atoms with Crippen LogP contribution in [-0.4, -0.2) is 55.6 Å². The van der Waals surface area contributed by atoms with Crippen molar-refractivity contribution in [3.8, 4) is 0 Å². The van der Waals surface area contributed by atoms with Crippen LogP contribution in [0.5, 0.6) is 0 Å². The topological polar surface area (TPSA) is 59.0 Å². The molecule has 0 aromatic rings. The van der Waals surface area contributed by atoms with E-state index in [0.717, 1.165) is 6.42 Å². The molecule has 2 atom stereocenters. The highest BCUT2D eigenvalue weighted by Gasteiger charge is 2.31. The number of ether oxygens (including phenoxy) is 2. The number of carbonyl (C=O) groups excluding carboxylic acids is 1. The molecular weight excluding hydrogens is 222 g/mol. The van der Waals surface area contributed by atoms with Crippen LogP contribution in [0.2, 0.25) is 0 Å². The quantitative estimate of drug-likeness (QED) is 0.806. The molecule has 1 amide bonds. The van der Waals surface area contributed by atoms with Crippen LogP contribution < -0.4 is 0 Å². The lowest BCUT2D eigenvalue weighted by atomic mass is 9.95. The number of piperidine rings is 1. The SMILES string of the molecule is COC1CN(C(=O)OCC(C)C)CCC1CO. The molecule has 0 aromatic heterocycles. The Kier molecular flexibility index (Phi) is 5.71. The Labute approximate surface area is 103 Å². The summed E-state index contributed by atoms with van der Waals surface area (Å²) in [4.78, 5) is 13.4. The van der Waals surface area contributed by atoms with E-state index in [-0.39, 0.29) is 24.7 Å². The average Bonchev–Trinajstić information content (AvgIpc) is 2.34. The summed E-state index contributed by atoms with van der Waals surface area (Å²) in [6.07, 6.45) is 0.378. The normalized spacial score (nSPS) is 25.1. The first kappa shape index (κ1) is 14.3. The number of rotatable bonds is 4. The van der Waals surface area contributed by atoms with E-state index in [2.05, 4.69) is 0 Å². The molecule has 0 spiro atoms. The zero-order valence-corrected chi connectivity index (χ0v) is 10.9. The largest absolute Gasteiger partial charge is 0.449 e. The summed E-state index contributed by atoms with van der Waals surface area (Å²) in [6, 6.07) is 0. The van der Waals surface area contributed by atoms with Crippen molar-refractivity contribution in [3.05, 3.63) is 0 Å². The van der Waals surface area contributed by atoms with Gasteiger partial charge in [-0.05, 0) is 12.3 Å². The first-order valence-electron chi connectivity index (χ1n) is 6.13. The minimum absolute atomic E-state index is 0.0969. The molecule has 0 saturated carbocycles. The van der Waals surface area contributed by atoms with Gasteiger partial charge in [0.05, 0.1) is 19.3 Å². The second-order valence-corrected chi connectivity index (χ2v) is 4.92. The van der Waals surface area contributed by atoms with Crippen molar-refractivity contribution in [3.63, 3.8) is 0 Å². The molecule has 1 saturated heterocycles. The monoisotopic (exact) mass is 245 g/mol. The predicted molar refractivity (Wildman–Crippen MR) is 63.7 cm³/mol.